The van der Waals surface area contributed by atoms with Gasteiger partial charge in [0, 0.05) is 18.2 Å². The number of benzene rings is 1. The molecule has 1 aromatic carbocycles. The third-order valence-corrected chi connectivity index (χ3v) is 2.11. The van der Waals surface area contributed by atoms with Crippen LogP contribution in [0.5, 0.6) is 0 Å². The van der Waals surface area contributed by atoms with Gasteiger partial charge in [0.25, 0.3) is 5.91 Å². The zero-order valence-corrected chi connectivity index (χ0v) is 12.9. The Bertz CT molecular complexity index is 520. The van der Waals surface area contributed by atoms with Gasteiger partial charge in [-0.2, -0.15) is 8.42 Å². The monoisotopic (exact) mass is 319 g/mol. The highest BCUT2D eigenvalue weighted by Gasteiger charge is 2.05. The molecule has 0 aliphatic carbocycles. The molecule has 0 saturated heterocycles. The molecule has 21 heavy (non-hydrogen) atoms. The van der Waals surface area contributed by atoms with Crippen LogP contribution in [-0.4, -0.2) is 36.5 Å². The molecule has 0 heterocycles. The topological polar surface area (TPSA) is 128 Å². The SMILES string of the molecule is CNNCc1ccc(C(=O)NC(C)C)cc1.O=S(=O)(O)O. The lowest BCUT2D eigenvalue weighted by Crippen LogP contribution is -2.30. The van der Waals surface area contributed by atoms with Gasteiger partial charge >= 0.3 is 10.4 Å². The molecule has 0 unspecified atom stereocenters. The molecule has 0 radical (unpaired) electrons. The molecule has 1 aromatic rings. The minimum atomic E-state index is -4.67. The number of carbonyl (C=O) groups is 1. The van der Waals surface area contributed by atoms with E-state index in [9.17, 15) is 4.79 Å². The van der Waals surface area contributed by atoms with E-state index in [0.29, 0.717) is 5.56 Å². The number of hydrogen-bond acceptors (Lipinski definition) is 5. The Balaban J connectivity index is 0.000000690. The van der Waals surface area contributed by atoms with E-state index in [1.54, 1.807) is 0 Å². The van der Waals surface area contributed by atoms with Crippen molar-refractivity contribution in [3.8, 4) is 0 Å². The van der Waals surface area contributed by atoms with Crippen molar-refractivity contribution in [1.82, 2.24) is 16.2 Å². The van der Waals surface area contributed by atoms with Crippen LogP contribution in [0.4, 0.5) is 0 Å². The number of hydrazine groups is 1. The molecule has 0 spiro atoms. The molecular formula is C12H21N3O5S. The van der Waals surface area contributed by atoms with Crippen molar-refractivity contribution in [3.05, 3.63) is 35.4 Å². The summed E-state index contributed by atoms with van der Waals surface area (Å²) in [5.41, 5.74) is 7.68. The zero-order chi connectivity index (χ0) is 16.5. The van der Waals surface area contributed by atoms with Crippen LogP contribution in [0.3, 0.4) is 0 Å². The van der Waals surface area contributed by atoms with Crippen molar-refractivity contribution in [1.29, 1.82) is 0 Å². The summed E-state index contributed by atoms with van der Waals surface area (Å²) >= 11 is 0. The molecule has 0 aliphatic heterocycles. The molecule has 5 N–H and O–H groups in total. The quantitative estimate of drug-likeness (QED) is 0.392. The number of rotatable bonds is 5. The summed E-state index contributed by atoms with van der Waals surface area (Å²) in [6, 6.07) is 7.73. The standard InChI is InChI=1S/C12H19N3O.H2O4S/c1-9(2)15-12(16)11-6-4-10(5-7-11)8-14-13-3;1-5(2,3)4/h4-7,9,13-14H,8H2,1-3H3,(H,15,16);(H2,1,2,3,4). The second-order valence-corrected chi connectivity index (χ2v) is 5.27. The Morgan fingerprint density at radius 1 is 1.19 bits per heavy atom. The lowest BCUT2D eigenvalue weighted by molar-refractivity contribution is 0.0943. The third-order valence-electron chi connectivity index (χ3n) is 2.11. The van der Waals surface area contributed by atoms with Gasteiger partial charge in [-0.25, -0.2) is 0 Å². The number of amides is 1. The maximum absolute atomic E-state index is 11.6. The number of hydrogen-bond donors (Lipinski definition) is 5. The van der Waals surface area contributed by atoms with Crippen molar-refractivity contribution in [2.24, 2.45) is 0 Å². The molecule has 120 valence electrons. The molecule has 0 bridgehead atoms. The zero-order valence-electron chi connectivity index (χ0n) is 12.1. The second-order valence-electron chi connectivity index (χ2n) is 4.38. The highest BCUT2D eigenvalue weighted by Crippen LogP contribution is 2.04. The molecule has 0 atom stereocenters. The second kappa shape index (κ2) is 9.42. The van der Waals surface area contributed by atoms with Crippen molar-refractivity contribution in [2.75, 3.05) is 7.05 Å². The van der Waals surface area contributed by atoms with Gasteiger partial charge in [-0.15, -0.1) is 0 Å². The van der Waals surface area contributed by atoms with E-state index in [2.05, 4.69) is 16.2 Å². The summed E-state index contributed by atoms with van der Waals surface area (Å²) in [6.07, 6.45) is 0. The van der Waals surface area contributed by atoms with Gasteiger partial charge in [0.05, 0.1) is 0 Å². The van der Waals surface area contributed by atoms with E-state index in [1.165, 1.54) is 0 Å². The van der Waals surface area contributed by atoms with Crippen LogP contribution >= 0.6 is 0 Å². The van der Waals surface area contributed by atoms with Crippen LogP contribution in [0.15, 0.2) is 24.3 Å². The molecule has 8 nitrogen and oxygen atoms in total. The Hall–Kier alpha value is -1.52. The normalized spacial score (nSPS) is 10.8. The smallest absolute Gasteiger partial charge is 0.350 e. The van der Waals surface area contributed by atoms with Gasteiger partial charge < -0.3 is 5.32 Å². The minimum absolute atomic E-state index is 0.0249. The third kappa shape index (κ3) is 12.0. The maximum atomic E-state index is 11.6. The number of carbonyl (C=O) groups excluding carboxylic acids is 1. The Morgan fingerprint density at radius 3 is 2.05 bits per heavy atom. The van der Waals surface area contributed by atoms with Crippen LogP contribution in [0.1, 0.15) is 29.8 Å². The van der Waals surface area contributed by atoms with Gasteiger partial charge in [0.1, 0.15) is 0 Å². The number of nitrogens with one attached hydrogen (secondary N) is 3. The van der Waals surface area contributed by atoms with Gasteiger partial charge in [0.15, 0.2) is 0 Å². The summed E-state index contributed by atoms with van der Waals surface area (Å²) < 4.78 is 31.6. The molecule has 1 amide bonds. The van der Waals surface area contributed by atoms with Gasteiger partial charge in [-0.05, 0) is 38.6 Å². The van der Waals surface area contributed by atoms with Gasteiger partial charge in [0.2, 0.25) is 0 Å². The first-order valence-corrected chi connectivity index (χ1v) is 7.52. The first-order chi connectivity index (χ1) is 9.63. The lowest BCUT2D eigenvalue weighted by atomic mass is 10.1. The van der Waals surface area contributed by atoms with E-state index in [4.69, 9.17) is 17.5 Å². The Labute approximate surface area is 124 Å². The summed E-state index contributed by atoms with van der Waals surface area (Å²) in [5, 5.41) is 2.85. The van der Waals surface area contributed by atoms with E-state index in [0.717, 1.165) is 12.1 Å². The van der Waals surface area contributed by atoms with Crippen molar-refractivity contribution in [2.45, 2.75) is 26.4 Å². The predicted octanol–water partition coefficient (Wildman–Crippen LogP) is 0.396. The minimum Gasteiger partial charge on any atom is -0.350 e. The highest BCUT2D eigenvalue weighted by atomic mass is 32.3. The van der Waals surface area contributed by atoms with E-state index in [1.807, 2.05) is 45.2 Å². The fourth-order valence-electron chi connectivity index (χ4n) is 1.31. The Morgan fingerprint density at radius 2 is 1.67 bits per heavy atom. The molecule has 1 rings (SSSR count). The Kier molecular flexibility index (Phi) is 8.74. The van der Waals surface area contributed by atoms with Crippen molar-refractivity contribution < 1.29 is 22.3 Å². The van der Waals surface area contributed by atoms with Crippen molar-refractivity contribution in [3.63, 3.8) is 0 Å². The highest BCUT2D eigenvalue weighted by molar-refractivity contribution is 7.79. The first kappa shape index (κ1) is 19.5. The van der Waals surface area contributed by atoms with Crippen molar-refractivity contribution >= 4 is 16.3 Å². The van der Waals surface area contributed by atoms with Crippen LogP contribution in [0.25, 0.3) is 0 Å². The molecule has 0 saturated carbocycles. The van der Waals surface area contributed by atoms with E-state index < -0.39 is 10.4 Å². The van der Waals surface area contributed by atoms with Crippen LogP contribution in [-0.2, 0) is 16.9 Å². The molecular weight excluding hydrogens is 298 g/mol. The molecule has 0 fully saturated rings. The van der Waals surface area contributed by atoms with Gasteiger partial charge in [-0.1, -0.05) is 12.1 Å². The first-order valence-electron chi connectivity index (χ1n) is 6.12. The summed E-state index contributed by atoms with van der Waals surface area (Å²) in [5.74, 6) is -0.0249. The molecule has 0 aromatic heterocycles. The molecule has 9 heteroatoms. The fraction of sp³-hybridized carbons (Fsp3) is 0.417. The lowest BCUT2D eigenvalue weighted by Gasteiger charge is -2.09. The van der Waals surface area contributed by atoms with Crippen LogP contribution in [0.2, 0.25) is 0 Å². The molecule has 0 aliphatic rings. The predicted molar refractivity (Wildman–Crippen MR) is 79.1 cm³/mol. The maximum Gasteiger partial charge on any atom is 0.394 e. The largest absolute Gasteiger partial charge is 0.394 e. The summed E-state index contributed by atoms with van der Waals surface area (Å²) in [4.78, 5) is 11.6. The summed E-state index contributed by atoms with van der Waals surface area (Å²) in [7, 11) is -2.84. The van der Waals surface area contributed by atoms with E-state index >= 15 is 0 Å². The average molecular weight is 319 g/mol. The van der Waals surface area contributed by atoms with Crippen LogP contribution in [0, 0.1) is 0 Å². The fourth-order valence-corrected chi connectivity index (χ4v) is 1.31. The summed E-state index contributed by atoms with van der Waals surface area (Å²) in [6.45, 7) is 4.63. The van der Waals surface area contributed by atoms with E-state index in [-0.39, 0.29) is 11.9 Å². The van der Waals surface area contributed by atoms with Gasteiger partial charge in [-0.3, -0.25) is 24.8 Å². The van der Waals surface area contributed by atoms with Crippen LogP contribution < -0.4 is 16.2 Å². The average Bonchev–Trinajstić information content (AvgIpc) is 2.34.